The minimum atomic E-state index is 0.143. The average Bonchev–Trinajstić information content (AvgIpc) is 2.99. The number of carbonyl (C=O) groups is 1. The Morgan fingerprint density at radius 3 is 2.84 bits per heavy atom. The van der Waals surface area contributed by atoms with Crippen molar-refractivity contribution in [3.8, 4) is 0 Å². The number of hydrogen-bond donors (Lipinski definition) is 1. The molecule has 2 heterocycles. The summed E-state index contributed by atoms with van der Waals surface area (Å²) in [5.74, 6) is 0.143. The van der Waals surface area contributed by atoms with E-state index in [2.05, 4.69) is 40.4 Å². The molecule has 4 rings (SSSR count). The Morgan fingerprint density at radius 1 is 1.28 bits per heavy atom. The number of likely N-dealkylation sites (tertiary alicyclic amines) is 1. The molecule has 2 fully saturated rings. The fourth-order valence-electron chi connectivity index (χ4n) is 3.92. The van der Waals surface area contributed by atoms with Gasteiger partial charge in [0.05, 0.1) is 18.3 Å². The molecule has 0 bridgehead atoms. The van der Waals surface area contributed by atoms with Gasteiger partial charge in [0, 0.05) is 30.3 Å². The number of hydrogen-bond acceptors (Lipinski definition) is 3. The van der Waals surface area contributed by atoms with E-state index in [1.165, 1.54) is 44.3 Å². The summed E-state index contributed by atoms with van der Waals surface area (Å²) in [6.45, 7) is 7.19. The van der Waals surface area contributed by atoms with Gasteiger partial charge in [0.25, 0.3) is 0 Å². The summed E-state index contributed by atoms with van der Waals surface area (Å²) in [6.07, 6.45) is 7.55. The van der Waals surface area contributed by atoms with Crippen molar-refractivity contribution in [2.75, 3.05) is 26.2 Å². The first-order chi connectivity index (χ1) is 12.1. The van der Waals surface area contributed by atoms with Crippen LogP contribution < -0.4 is 5.32 Å². The van der Waals surface area contributed by atoms with E-state index in [4.69, 9.17) is 0 Å². The molecule has 0 atom stereocenters. The van der Waals surface area contributed by atoms with Crippen molar-refractivity contribution >= 4 is 16.8 Å². The highest BCUT2D eigenvalue weighted by molar-refractivity contribution is 5.80. The van der Waals surface area contributed by atoms with E-state index < -0.39 is 0 Å². The van der Waals surface area contributed by atoms with Gasteiger partial charge in [-0.05, 0) is 57.3 Å². The van der Waals surface area contributed by atoms with E-state index in [9.17, 15) is 4.79 Å². The molecular weight excluding hydrogens is 312 g/mol. The first-order valence-corrected chi connectivity index (χ1v) is 9.55. The summed E-state index contributed by atoms with van der Waals surface area (Å²) in [6, 6.07) is 6.31. The molecule has 2 aromatic rings. The molecule has 1 aliphatic heterocycles. The van der Waals surface area contributed by atoms with Crippen LogP contribution in [0.2, 0.25) is 0 Å². The predicted molar refractivity (Wildman–Crippen MR) is 99.4 cm³/mol. The maximum atomic E-state index is 12.3. The molecule has 1 N–H and O–H groups in total. The number of amides is 1. The Morgan fingerprint density at radius 2 is 2.08 bits per heavy atom. The molecule has 0 unspecified atom stereocenters. The molecule has 1 aliphatic carbocycles. The second-order valence-electron chi connectivity index (χ2n) is 7.94. The molecule has 2 aliphatic rings. The third-order valence-electron chi connectivity index (χ3n) is 5.73. The van der Waals surface area contributed by atoms with Crippen LogP contribution in [0.1, 0.15) is 37.7 Å². The highest BCUT2D eigenvalue weighted by Crippen LogP contribution is 2.46. The van der Waals surface area contributed by atoms with Gasteiger partial charge in [0.2, 0.25) is 5.91 Å². The summed E-state index contributed by atoms with van der Waals surface area (Å²) in [7, 11) is 0. The monoisotopic (exact) mass is 340 g/mol. The van der Waals surface area contributed by atoms with E-state index in [-0.39, 0.29) is 5.91 Å². The third kappa shape index (κ3) is 3.87. The van der Waals surface area contributed by atoms with Gasteiger partial charge < -0.3 is 10.2 Å². The number of rotatable bonds is 7. The van der Waals surface area contributed by atoms with Crippen LogP contribution in [-0.2, 0) is 11.3 Å². The number of nitrogens with one attached hydrogen (secondary N) is 1. The maximum absolute atomic E-state index is 12.3. The molecule has 5 heteroatoms. The summed E-state index contributed by atoms with van der Waals surface area (Å²) < 4.78 is 1.94. The second-order valence-corrected chi connectivity index (χ2v) is 7.94. The van der Waals surface area contributed by atoms with Gasteiger partial charge in [-0.25, -0.2) is 0 Å². The Kier molecular flexibility index (Phi) is 4.50. The second kappa shape index (κ2) is 6.79. The minimum Gasteiger partial charge on any atom is -0.355 e. The molecule has 1 aromatic carbocycles. The molecule has 0 radical (unpaired) electrons. The molecular formula is C20H28N4O. The molecule has 25 heavy (non-hydrogen) atoms. The molecule has 1 amide bonds. The van der Waals surface area contributed by atoms with Gasteiger partial charge >= 0.3 is 0 Å². The van der Waals surface area contributed by atoms with Crippen molar-refractivity contribution in [1.82, 2.24) is 20.0 Å². The van der Waals surface area contributed by atoms with Gasteiger partial charge in [-0.1, -0.05) is 12.1 Å². The Bertz CT molecular complexity index is 756. The Labute approximate surface area is 149 Å². The smallest absolute Gasteiger partial charge is 0.221 e. The molecule has 0 spiro atoms. The number of fused-ring (bicyclic) bond motifs is 1. The third-order valence-corrected chi connectivity index (χ3v) is 5.73. The summed E-state index contributed by atoms with van der Waals surface area (Å²) >= 11 is 0. The van der Waals surface area contributed by atoms with Crippen molar-refractivity contribution in [3.05, 3.63) is 30.0 Å². The highest BCUT2D eigenvalue weighted by atomic mass is 16.1. The predicted octanol–water partition coefficient (Wildman–Crippen LogP) is 2.73. The van der Waals surface area contributed by atoms with Crippen LogP contribution >= 0.6 is 0 Å². The normalized spacial score (nSPS) is 19.4. The number of benzene rings is 1. The van der Waals surface area contributed by atoms with Crippen molar-refractivity contribution < 1.29 is 4.79 Å². The van der Waals surface area contributed by atoms with Crippen LogP contribution in [0.25, 0.3) is 10.9 Å². The van der Waals surface area contributed by atoms with Crippen LogP contribution in [-0.4, -0.2) is 46.8 Å². The molecule has 1 saturated heterocycles. The number of aromatic nitrogens is 2. The first kappa shape index (κ1) is 16.6. The van der Waals surface area contributed by atoms with E-state index in [1.54, 1.807) is 0 Å². The minimum absolute atomic E-state index is 0.143. The van der Waals surface area contributed by atoms with Gasteiger partial charge in [-0.3, -0.25) is 9.48 Å². The molecule has 1 aromatic heterocycles. The molecule has 5 nitrogen and oxygen atoms in total. The fourth-order valence-corrected chi connectivity index (χ4v) is 3.92. The lowest BCUT2D eigenvalue weighted by Gasteiger charge is -2.23. The summed E-state index contributed by atoms with van der Waals surface area (Å²) in [5, 5.41) is 8.74. The van der Waals surface area contributed by atoms with E-state index in [1.807, 2.05) is 10.9 Å². The Balaban J connectivity index is 1.27. The van der Waals surface area contributed by atoms with Crippen molar-refractivity contribution in [3.63, 3.8) is 0 Å². The van der Waals surface area contributed by atoms with Crippen molar-refractivity contribution in [2.24, 2.45) is 5.41 Å². The summed E-state index contributed by atoms with van der Waals surface area (Å²) in [4.78, 5) is 14.9. The van der Waals surface area contributed by atoms with Crippen molar-refractivity contribution in [1.29, 1.82) is 0 Å². The van der Waals surface area contributed by atoms with Crippen LogP contribution in [0.4, 0.5) is 0 Å². The fraction of sp³-hybridized carbons (Fsp3) is 0.600. The van der Waals surface area contributed by atoms with Crippen LogP contribution in [0, 0.1) is 12.3 Å². The largest absolute Gasteiger partial charge is 0.355 e. The molecule has 1 saturated carbocycles. The highest BCUT2D eigenvalue weighted by Gasteiger charge is 2.44. The molecule has 134 valence electrons. The van der Waals surface area contributed by atoms with Gasteiger partial charge in [0.15, 0.2) is 0 Å². The lowest BCUT2D eigenvalue weighted by atomic mass is 10.1. The lowest BCUT2D eigenvalue weighted by molar-refractivity contribution is -0.121. The van der Waals surface area contributed by atoms with Crippen LogP contribution in [0.5, 0.6) is 0 Å². The van der Waals surface area contributed by atoms with E-state index >= 15 is 0 Å². The zero-order valence-corrected chi connectivity index (χ0v) is 15.1. The van der Waals surface area contributed by atoms with Crippen LogP contribution in [0.15, 0.2) is 24.4 Å². The van der Waals surface area contributed by atoms with E-state index in [0.717, 1.165) is 24.0 Å². The van der Waals surface area contributed by atoms with Gasteiger partial charge in [-0.15, -0.1) is 0 Å². The summed E-state index contributed by atoms with van der Waals surface area (Å²) in [5.41, 5.74) is 2.69. The average molecular weight is 340 g/mol. The maximum Gasteiger partial charge on any atom is 0.221 e. The Hall–Kier alpha value is -1.88. The van der Waals surface area contributed by atoms with E-state index in [0.29, 0.717) is 18.4 Å². The zero-order valence-electron chi connectivity index (χ0n) is 15.1. The first-order valence-electron chi connectivity index (χ1n) is 9.55. The zero-order chi connectivity index (χ0) is 17.3. The lowest BCUT2D eigenvalue weighted by Crippen LogP contribution is -2.37. The quantitative estimate of drug-likeness (QED) is 0.843. The SMILES string of the molecule is Cc1ccc2cnn(CCC(=O)NCC3(CN4CCCC4)CC3)c2c1. The number of carbonyl (C=O) groups excluding carboxylic acids is 1. The topological polar surface area (TPSA) is 50.2 Å². The van der Waals surface area contributed by atoms with Gasteiger partial charge in [0.1, 0.15) is 0 Å². The van der Waals surface area contributed by atoms with Crippen LogP contribution in [0.3, 0.4) is 0 Å². The van der Waals surface area contributed by atoms with Gasteiger partial charge in [-0.2, -0.15) is 5.10 Å². The number of aryl methyl sites for hydroxylation is 2. The van der Waals surface area contributed by atoms with Crippen molar-refractivity contribution in [2.45, 2.75) is 45.6 Å². The number of nitrogens with zero attached hydrogens (tertiary/aromatic N) is 3. The standard InChI is InChI=1S/C20H28N4O/c1-16-4-5-17-13-22-24(18(17)12-16)11-6-19(25)21-14-20(7-8-20)15-23-9-2-3-10-23/h4-5,12-13H,2-3,6-11,14-15H2,1H3,(H,21,25).